The molecule has 1 amide bonds. The maximum absolute atomic E-state index is 12.4. The summed E-state index contributed by atoms with van der Waals surface area (Å²) in [4.78, 5) is 13.1. The number of halogens is 1. The summed E-state index contributed by atoms with van der Waals surface area (Å²) in [5.41, 5.74) is 6.25. The van der Waals surface area contributed by atoms with Crippen molar-refractivity contribution in [2.75, 3.05) is 6.54 Å². The third-order valence-electron chi connectivity index (χ3n) is 4.94. The number of aryl methyl sites for hydroxylation is 3. The third kappa shape index (κ3) is 5.00. The monoisotopic (exact) mass is 431 g/mol. The van der Waals surface area contributed by atoms with Gasteiger partial charge in [-0.3, -0.25) is 9.48 Å². The average molecular weight is 432 g/mol. The van der Waals surface area contributed by atoms with Gasteiger partial charge < -0.3 is 10.1 Å². The first-order valence-electron chi connectivity index (χ1n) is 9.52. The molecular formula is C22H26ClN3O2S. The van der Waals surface area contributed by atoms with Crippen LogP contribution in [0.4, 0.5) is 0 Å². The lowest BCUT2D eigenvalue weighted by Crippen LogP contribution is -2.27. The van der Waals surface area contributed by atoms with Crippen LogP contribution >= 0.6 is 22.9 Å². The van der Waals surface area contributed by atoms with Gasteiger partial charge in [0, 0.05) is 12.1 Å². The van der Waals surface area contributed by atoms with E-state index in [1.165, 1.54) is 22.5 Å². The van der Waals surface area contributed by atoms with E-state index in [1.807, 2.05) is 36.0 Å². The molecule has 0 radical (unpaired) electrons. The molecule has 0 atom stereocenters. The SMILES string of the molecule is Cc1cc(C)c(C)c(OCc2csc(C(=O)NCCn3nc(C)c(Cl)c3C)c2)c1. The van der Waals surface area contributed by atoms with Crippen LogP contribution in [0, 0.1) is 34.6 Å². The zero-order chi connectivity index (χ0) is 21.1. The van der Waals surface area contributed by atoms with Gasteiger partial charge in [-0.05, 0) is 68.8 Å². The van der Waals surface area contributed by atoms with Crippen LogP contribution in [0.1, 0.15) is 43.3 Å². The predicted octanol–water partition coefficient (Wildman–Crippen LogP) is 5.15. The third-order valence-corrected chi connectivity index (χ3v) is 6.46. The van der Waals surface area contributed by atoms with E-state index in [4.69, 9.17) is 16.3 Å². The number of carbonyl (C=O) groups excluding carboxylic acids is 1. The van der Waals surface area contributed by atoms with Gasteiger partial charge in [0.2, 0.25) is 0 Å². The number of carbonyl (C=O) groups is 1. The molecule has 29 heavy (non-hydrogen) atoms. The molecule has 5 nitrogen and oxygen atoms in total. The van der Waals surface area contributed by atoms with Gasteiger partial charge in [-0.2, -0.15) is 5.10 Å². The fraction of sp³-hybridized carbons (Fsp3) is 0.364. The smallest absolute Gasteiger partial charge is 0.261 e. The second kappa shape index (κ2) is 9.01. The Morgan fingerprint density at radius 3 is 2.66 bits per heavy atom. The maximum Gasteiger partial charge on any atom is 0.261 e. The Morgan fingerprint density at radius 1 is 1.21 bits per heavy atom. The lowest BCUT2D eigenvalue weighted by atomic mass is 10.1. The maximum atomic E-state index is 12.4. The Hall–Kier alpha value is -2.31. The Bertz CT molecular complexity index is 1040. The summed E-state index contributed by atoms with van der Waals surface area (Å²) in [6, 6.07) is 6.08. The molecule has 0 aliphatic carbocycles. The summed E-state index contributed by atoms with van der Waals surface area (Å²) in [6.45, 7) is 11.5. The molecule has 3 rings (SSSR count). The number of rotatable bonds is 7. The van der Waals surface area contributed by atoms with Crippen molar-refractivity contribution in [2.24, 2.45) is 0 Å². The van der Waals surface area contributed by atoms with Gasteiger partial charge >= 0.3 is 0 Å². The van der Waals surface area contributed by atoms with Crippen molar-refractivity contribution in [1.82, 2.24) is 15.1 Å². The highest BCUT2D eigenvalue weighted by Crippen LogP contribution is 2.25. The van der Waals surface area contributed by atoms with Crippen molar-refractivity contribution in [3.05, 3.63) is 67.1 Å². The minimum absolute atomic E-state index is 0.0866. The van der Waals surface area contributed by atoms with Crippen molar-refractivity contribution >= 4 is 28.8 Å². The highest BCUT2D eigenvalue weighted by atomic mass is 35.5. The molecule has 3 aromatic rings. The lowest BCUT2D eigenvalue weighted by Gasteiger charge is -2.11. The van der Waals surface area contributed by atoms with Crippen LogP contribution in [0.2, 0.25) is 5.02 Å². The number of ether oxygens (including phenoxy) is 1. The first-order valence-corrected chi connectivity index (χ1v) is 10.8. The zero-order valence-electron chi connectivity index (χ0n) is 17.4. The Balaban J connectivity index is 1.54. The average Bonchev–Trinajstić information content (AvgIpc) is 3.24. The van der Waals surface area contributed by atoms with Crippen LogP contribution in [0.5, 0.6) is 5.75 Å². The minimum atomic E-state index is -0.0866. The van der Waals surface area contributed by atoms with Crippen LogP contribution < -0.4 is 10.1 Å². The molecule has 0 unspecified atom stereocenters. The van der Waals surface area contributed by atoms with Gasteiger partial charge in [-0.15, -0.1) is 11.3 Å². The number of hydrogen-bond donors (Lipinski definition) is 1. The van der Waals surface area contributed by atoms with Crippen LogP contribution in [0.15, 0.2) is 23.6 Å². The number of nitrogens with one attached hydrogen (secondary N) is 1. The van der Waals surface area contributed by atoms with E-state index in [1.54, 1.807) is 0 Å². The van der Waals surface area contributed by atoms with E-state index in [9.17, 15) is 4.79 Å². The molecule has 0 aliphatic rings. The summed E-state index contributed by atoms with van der Waals surface area (Å²) in [5.74, 6) is 0.805. The van der Waals surface area contributed by atoms with Crippen molar-refractivity contribution < 1.29 is 9.53 Å². The van der Waals surface area contributed by atoms with Crippen molar-refractivity contribution in [3.8, 4) is 5.75 Å². The van der Waals surface area contributed by atoms with E-state index >= 15 is 0 Å². The molecule has 1 aromatic carbocycles. The summed E-state index contributed by atoms with van der Waals surface area (Å²) < 4.78 is 7.81. The van der Waals surface area contributed by atoms with Crippen LogP contribution in [0.3, 0.4) is 0 Å². The second-order valence-corrected chi connectivity index (χ2v) is 8.57. The first-order chi connectivity index (χ1) is 13.8. The molecule has 0 saturated carbocycles. The molecule has 1 N–H and O–H groups in total. The van der Waals surface area contributed by atoms with E-state index in [0.29, 0.717) is 29.6 Å². The standard InChI is InChI=1S/C22H26ClN3O2S/c1-13-8-14(2)15(3)19(9-13)28-11-18-10-20(29-12-18)22(27)24-6-7-26-17(5)21(23)16(4)25-26/h8-10,12H,6-7,11H2,1-5H3,(H,24,27). The van der Waals surface area contributed by atoms with Gasteiger partial charge in [0.05, 0.1) is 27.8 Å². The van der Waals surface area contributed by atoms with Crippen LogP contribution in [-0.4, -0.2) is 22.2 Å². The lowest BCUT2D eigenvalue weighted by molar-refractivity contribution is 0.0956. The molecule has 0 fully saturated rings. The van der Waals surface area contributed by atoms with Crippen molar-refractivity contribution in [1.29, 1.82) is 0 Å². The number of thiophene rings is 1. The van der Waals surface area contributed by atoms with Crippen LogP contribution in [0.25, 0.3) is 0 Å². The quantitative estimate of drug-likeness (QED) is 0.562. The molecule has 0 aliphatic heterocycles. The minimum Gasteiger partial charge on any atom is -0.489 e. The van der Waals surface area contributed by atoms with E-state index in [-0.39, 0.29) is 5.91 Å². The predicted molar refractivity (Wildman–Crippen MR) is 118 cm³/mol. The number of aromatic nitrogens is 2. The molecule has 154 valence electrons. The van der Waals surface area contributed by atoms with Crippen LogP contribution in [-0.2, 0) is 13.2 Å². The summed E-state index contributed by atoms with van der Waals surface area (Å²) in [6.07, 6.45) is 0. The Morgan fingerprint density at radius 2 is 1.97 bits per heavy atom. The summed E-state index contributed by atoms with van der Waals surface area (Å²) in [5, 5.41) is 9.96. The highest BCUT2D eigenvalue weighted by molar-refractivity contribution is 7.12. The normalized spacial score (nSPS) is 11.0. The van der Waals surface area contributed by atoms with Crippen molar-refractivity contribution in [2.45, 2.75) is 47.8 Å². The van der Waals surface area contributed by atoms with Gasteiger partial charge in [-0.1, -0.05) is 17.7 Å². The van der Waals surface area contributed by atoms with Gasteiger partial charge in [0.25, 0.3) is 5.91 Å². The fourth-order valence-electron chi connectivity index (χ4n) is 3.14. The zero-order valence-corrected chi connectivity index (χ0v) is 19.0. The molecule has 0 bridgehead atoms. The summed E-state index contributed by atoms with van der Waals surface area (Å²) in [7, 11) is 0. The molecule has 0 saturated heterocycles. The molecule has 2 heterocycles. The largest absolute Gasteiger partial charge is 0.489 e. The van der Waals surface area contributed by atoms with E-state index in [0.717, 1.165) is 28.3 Å². The molecule has 7 heteroatoms. The van der Waals surface area contributed by atoms with Gasteiger partial charge in [0.1, 0.15) is 12.4 Å². The number of hydrogen-bond acceptors (Lipinski definition) is 4. The topological polar surface area (TPSA) is 56.1 Å². The molecule has 2 aromatic heterocycles. The van der Waals surface area contributed by atoms with E-state index in [2.05, 4.69) is 37.3 Å². The van der Waals surface area contributed by atoms with E-state index < -0.39 is 0 Å². The van der Waals surface area contributed by atoms with Crippen molar-refractivity contribution in [3.63, 3.8) is 0 Å². The Kier molecular flexibility index (Phi) is 6.65. The number of amides is 1. The fourth-order valence-corrected chi connectivity index (χ4v) is 4.09. The summed E-state index contributed by atoms with van der Waals surface area (Å²) >= 11 is 7.58. The Labute approximate surface area is 180 Å². The molecular weight excluding hydrogens is 406 g/mol. The highest BCUT2D eigenvalue weighted by Gasteiger charge is 2.12. The molecule has 0 spiro atoms. The number of nitrogens with zero attached hydrogens (tertiary/aromatic N) is 2. The first kappa shape index (κ1) is 21.4. The number of benzene rings is 1. The van der Waals surface area contributed by atoms with Gasteiger partial charge in [0.15, 0.2) is 0 Å². The van der Waals surface area contributed by atoms with Gasteiger partial charge in [-0.25, -0.2) is 0 Å². The second-order valence-electron chi connectivity index (χ2n) is 7.28.